The van der Waals surface area contributed by atoms with Crippen molar-refractivity contribution in [3.05, 3.63) is 34.2 Å². The third kappa shape index (κ3) is 3.23. The fourth-order valence-electron chi connectivity index (χ4n) is 1.89. The maximum atomic E-state index is 4.56. The summed E-state index contributed by atoms with van der Waals surface area (Å²) in [6.07, 6.45) is 0. The van der Waals surface area contributed by atoms with Crippen molar-refractivity contribution >= 4 is 23.1 Å². The Kier molecular flexibility index (Phi) is 4.37. The fraction of sp³-hybridized carbons (Fsp3) is 0.429. The molecule has 0 fully saturated rings. The van der Waals surface area contributed by atoms with Crippen LogP contribution in [-0.4, -0.2) is 23.6 Å². The van der Waals surface area contributed by atoms with Crippen LogP contribution in [0.2, 0.25) is 0 Å². The van der Waals surface area contributed by atoms with Gasteiger partial charge in [-0.3, -0.25) is 0 Å². The van der Waals surface area contributed by atoms with E-state index < -0.39 is 0 Å². The van der Waals surface area contributed by atoms with Crippen LogP contribution in [0.4, 0.5) is 11.8 Å². The Labute approximate surface area is 118 Å². The Morgan fingerprint density at radius 3 is 2.84 bits per heavy atom. The standard InChI is InChI=1S/C14H20N4S/c1-5-15-14-16-10(2)9-13(17-14)18(4)11(3)12-7-6-8-19-12/h6-9,11H,5H2,1-4H3,(H,15,16,17). The first kappa shape index (κ1) is 13.8. The zero-order chi connectivity index (χ0) is 13.8. The second kappa shape index (κ2) is 6.02. The van der Waals surface area contributed by atoms with E-state index in [9.17, 15) is 0 Å². The Balaban J connectivity index is 2.25. The van der Waals surface area contributed by atoms with E-state index in [0.717, 1.165) is 18.1 Å². The molecule has 0 saturated heterocycles. The van der Waals surface area contributed by atoms with Crippen molar-refractivity contribution in [1.82, 2.24) is 9.97 Å². The number of nitrogens with one attached hydrogen (secondary N) is 1. The predicted octanol–water partition coefficient (Wildman–Crippen LogP) is 3.48. The first-order valence-corrected chi connectivity index (χ1v) is 7.35. The zero-order valence-corrected chi connectivity index (χ0v) is 12.7. The summed E-state index contributed by atoms with van der Waals surface area (Å²) in [6, 6.07) is 6.57. The molecule has 1 atom stereocenters. The lowest BCUT2D eigenvalue weighted by atomic mass is 10.2. The number of anilines is 2. The molecule has 0 spiro atoms. The third-order valence-electron chi connectivity index (χ3n) is 3.07. The van der Waals surface area contributed by atoms with Gasteiger partial charge in [0.05, 0.1) is 6.04 Å². The Hall–Kier alpha value is -1.62. The van der Waals surface area contributed by atoms with Crippen LogP contribution in [-0.2, 0) is 0 Å². The summed E-state index contributed by atoms with van der Waals surface area (Å²) in [4.78, 5) is 12.5. The van der Waals surface area contributed by atoms with Crippen LogP contribution in [0.1, 0.15) is 30.5 Å². The molecule has 19 heavy (non-hydrogen) atoms. The van der Waals surface area contributed by atoms with E-state index in [1.165, 1.54) is 4.88 Å². The maximum Gasteiger partial charge on any atom is 0.224 e. The molecule has 1 N–H and O–H groups in total. The van der Waals surface area contributed by atoms with Gasteiger partial charge in [-0.1, -0.05) is 6.07 Å². The quantitative estimate of drug-likeness (QED) is 0.908. The van der Waals surface area contributed by atoms with Gasteiger partial charge in [-0.2, -0.15) is 4.98 Å². The molecule has 0 aliphatic heterocycles. The lowest BCUT2D eigenvalue weighted by Gasteiger charge is -2.25. The van der Waals surface area contributed by atoms with Crippen LogP contribution in [0.25, 0.3) is 0 Å². The Morgan fingerprint density at radius 1 is 1.42 bits per heavy atom. The summed E-state index contributed by atoms with van der Waals surface area (Å²) in [5.74, 6) is 1.65. The molecule has 0 aliphatic carbocycles. The molecule has 2 aromatic heterocycles. The van der Waals surface area contributed by atoms with Gasteiger partial charge in [0.15, 0.2) is 0 Å². The van der Waals surface area contributed by atoms with Gasteiger partial charge in [-0.15, -0.1) is 11.3 Å². The van der Waals surface area contributed by atoms with Gasteiger partial charge in [0.25, 0.3) is 0 Å². The van der Waals surface area contributed by atoms with Crippen molar-refractivity contribution in [1.29, 1.82) is 0 Å². The van der Waals surface area contributed by atoms with E-state index in [2.05, 4.69) is 51.7 Å². The van der Waals surface area contributed by atoms with Gasteiger partial charge < -0.3 is 10.2 Å². The lowest BCUT2D eigenvalue weighted by Crippen LogP contribution is -2.22. The summed E-state index contributed by atoms with van der Waals surface area (Å²) in [5.41, 5.74) is 0.978. The van der Waals surface area contributed by atoms with Crippen LogP contribution >= 0.6 is 11.3 Å². The first-order chi connectivity index (χ1) is 9.11. The number of hydrogen-bond donors (Lipinski definition) is 1. The second-order valence-corrected chi connectivity index (χ2v) is 5.50. The molecule has 2 rings (SSSR count). The molecule has 0 bridgehead atoms. The average molecular weight is 276 g/mol. The molecule has 2 heterocycles. The highest BCUT2D eigenvalue weighted by Gasteiger charge is 2.15. The number of nitrogens with zero attached hydrogens (tertiary/aromatic N) is 3. The minimum absolute atomic E-state index is 0.309. The summed E-state index contributed by atoms with van der Waals surface area (Å²) in [6.45, 7) is 7.06. The SMILES string of the molecule is CCNc1nc(C)cc(N(C)C(C)c2cccs2)n1. The minimum Gasteiger partial charge on any atom is -0.354 e. The largest absolute Gasteiger partial charge is 0.354 e. The van der Waals surface area contributed by atoms with Gasteiger partial charge in [-0.25, -0.2) is 4.98 Å². The van der Waals surface area contributed by atoms with Crippen LogP contribution < -0.4 is 10.2 Å². The van der Waals surface area contributed by atoms with Crippen molar-refractivity contribution in [2.75, 3.05) is 23.8 Å². The van der Waals surface area contributed by atoms with Crippen molar-refractivity contribution < 1.29 is 0 Å². The lowest BCUT2D eigenvalue weighted by molar-refractivity contribution is 0.739. The van der Waals surface area contributed by atoms with Gasteiger partial charge in [0.1, 0.15) is 5.82 Å². The summed E-state index contributed by atoms with van der Waals surface area (Å²) < 4.78 is 0. The Morgan fingerprint density at radius 2 is 2.21 bits per heavy atom. The molecule has 0 aromatic carbocycles. The predicted molar refractivity (Wildman–Crippen MR) is 82.1 cm³/mol. The minimum atomic E-state index is 0.309. The number of aromatic nitrogens is 2. The molecular formula is C14H20N4S. The molecule has 2 aromatic rings. The topological polar surface area (TPSA) is 41.1 Å². The summed E-state index contributed by atoms with van der Waals surface area (Å²) in [5, 5.41) is 5.28. The Bertz CT molecular complexity index is 524. The van der Waals surface area contributed by atoms with Crippen molar-refractivity contribution in [3.63, 3.8) is 0 Å². The van der Waals surface area contributed by atoms with Crippen molar-refractivity contribution in [2.45, 2.75) is 26.8 Å². The van der Waals surface area contributed by atoms with Crippen LogP contribution in [0.5, 0.6) is 0 Å². The molecule has 0 saturated carbocycles. The fourth-order valence-corrected chi connectivity index (χ4v) is 2.71. The number of aryl methyl sites for hydroxylation is 1. The molecular weight excluding hydrogens is 256 g/mol. The molecule has 102 valence electrons. The van der Waals surface area contributed by atoms with Crippen molar-refractivity contribution in [2.24, 2.45) is 0 Å². The van der Waals surface area contributed by atoms with Crippen molar-refractivity contribution in [3.8, 4) is 0 Å². The van der Waals surface area contributed by atoms with E-state index in [-0.39, 0.29) is 0 Å². The highest BCUT2D eigenvalue weighted by molar-refractivity contribution is 7.10. The highest BCUT2D eigenvalue weighted by atomic mass is 32.1. The molecule has 5 heteroatoms. The second-order valence-electron chi connectivity index (χ2n) is 4.52. The molecule has 1 unspecified atom stereocenters. The monoisotopic (exact) mass is 276 g/mol. The van der Waals surface area contributed by atoms with Gasteiger partial charge in [-0.05, 0) is 32.2 Å². The number of thiophene rings is 1. The maximum absolute atomic E-state index is 4.56. The van der Waals surface area contributed by atoms with Gasteiger partial charge in [0, 0.05) is 30.2 Å². The van der Waals surface area contributed by atoms with E-state index in [1.54, 1.807) is 11.3 Å². The smallest absolute Gasteiger partial charge is 0.224 e. The summed E-state index contributed by atoms with van der Waals surface area (Å²) >= 11 is 1.77. The normalized spacial score (nSPS) is 12.2. The van der Waals surface area contributed by atoms with E-state index >= 15 is 0 Å². The van der Waals surface area contributed by atoms with E-state index in [1.807, 2.05) is 19.9 Å². The van der Waals surface area contributed by atoms with Crippen LogP contribution in [0.15, 0.2) is 23.6 Å². The third-order valence-corrected chi connectivity index (χ3v) is 4.12. The highest BCUT2D eigenvalue weighted by Crippen LogP contribution is 2.27. The van der Waals surface area contributed by atoms with E-state index in [0.29, 0.717) is 12.0 Å². The molecule has 0 radical (unpaired) electrons. The van der Waals surface area contributed by atoms with Gasteiger partial charge in [0.2, 0.25) is 5.95 Å². The van der Waals surface area contributed by atoms with Gasteiger partial charge >= 0.3 is 0 Å². The first-order valence-electron chi connectivity index (χ1n) is 6.47. The number of rotatable bonds is 5. The molecule has 0 amide bonds. The average Bonchev–Trinajstić information content (AvgIpc) is 2.90. The van der Waals surface area contributed by atoms with Crippen LogP contribution in [0, 0.1) is 6.92 Å². The number of hydrogen-bond acceptors (Lipinski definition) is 5. The molecule has 0 aliphatic rings. The van der Waals surface area contributed by atoms with E-state index in [4.69, 9.17) is 0 Å². The molecule has 4 nitrogen and oxygen atoms in total. The van der Waals surface area contributed by atoms with Crippen LogP contribution in [0.3, 0.4) is 0 Å². The summed E-state index contributed by atoms with van der Waals surface area (Å²) in [7, 11) is 2.07. The zero-order valence-electron chi connectivity index (χ0n) is 11.8.